The van der Waals surface area contributed by atoms with Crippen molar-refractivity contribution in [2.24, 2.45) is 0 Å². The quantitative estimate of drug-likeness (QED) is 0.615. The fraction of sp³-hybridized carbons (Fsp3) is 0.316. The van der Waals surface area contributed by atoms with E-state index in [0.29, 0.717) is 5.75 Å². The highest BCUT2D eigenvalue weighted by Crippen LogP contribution is 2.21. The van der Waals surface area contributed by atoms with E-state index in [1.807, 2.05) is 38.1 Å². The van der Waals surface area contributed by atoms with Gasteiger partial charge in [0.05, 0.1) is 5.75 Å². The van der Waals surface area contributed by atoms with Gasteiger partial charge in [0, 0.05) is 23.5 Å². The number of nitrogens with zero attached hydrogens (tertiary/aromatic N) is 3. The van der Waals surface area contributed by atoms with Crippen molar-refractivity contribution >= 4 is 34.7 Å². The van der Waals surface area contributed by atoms with Crippen molar-refractivity contribution in [2.75, 3.05) is 11.1 Å². The molecule has 0 unspecified atom stereocenters. The van der Waals surface area contributed by atoms with Gasteiger partial charge in [-0.3, -0.25) is 4.79 Å². The summed E-state index contributed by atoms with van der Waals surface area (Å²) in [5, 5.41) is 14.4. The summed E-state index contributed by atoms with van der Waals surface area (Å²) in [5.41, 5.74) is 3.05. The average molecular weight is 387 g/mol. The highest BCUT2D eigenvalue weighted by molar-refractivity contribution is 7.99. The lowest BCUT2D eigenvalue weighted by Gasteiger charge is -2.10. The van der Waals surface area contributed by atoms with E-state index in [4.69, 9.17) is 0 Å². The van der Waals surface area contributed by atoms with Crippen LogP contribution in [0.3, 0.4) is 0 Å². The van der Waals surface area contributed by atoms with Gasteiger partial charge < -0.3 is 9.88 Å². The number of anilines is 1. The Morgan fingerprint density at radius 3 is 2.85 bits per heavy atom. The van der Waals surface area contributed by atoms with E-state index < -0.39 is 0 Å². The van der Waals surface area contributed by atoms with Crippen LogP contribution in [0.2, 0.25) is 0 Å². The fourth-order valence-electron chi connectivity index (χ4n) is 2.63. The summed E-state index contributed by atoms with van der Waals surface area (Å²) in [6, 6.07) is 10.2. The molecule has 0 saturated carbocycles. The number of rotatable bonds is 7. The Morgan fingerprint density at radius 2 is 2.12 bits per heavy atom. The Kier molecular flexibility index (Phi) is 6.11. The van der Waals surface area contributed by atoms with E-state index in [0.717, 1.165) is 40.8 Å². The summed E-state index contributed by atoms with van der Waals surface area (Å²) in [6.07, 6.45) is 0.772. The molecule has 0 fully saturated rings. The molecule has 0 saturated heterocycles. The van der Waals surface area contributed by atoms with Crippen LogP contribution in [0.5, 0.6) is 0 Å². The molecule has 3 aromatic rings. The molecule has 2 heterocycles. The summed E-state index contributed by atoms with van der Waals surface area (Å²) in [4.78, 5) is 13.6. The maximum Gasteiger partial charge on any atom is 0.234 e. The second-order valence-corrected chi connectivity index (χ2v) is 8.03. The van der Waals surface area contributed by atoms with Crippen molar-refractivity contribution in [3.63, 3.8) is 0 Å². The number of hydrogen-bond acceptors (Lipinski definition) is 5. The Hall–Kier alpha value is -2.12. The van der Waals surface area contributed by atoms with Crippen LogP contribution in [0.15, 0.2) is 40.9 Å². The Labute approximate surface area is 161 Å². The average Bonchev–Trinajstić information content (AvgIpc) is 3.26. The number of aryl methyl sites for hydroxylation is 2. The maximum absolute atomic E-state index is 12.3. The monoisotopic (exact) mass is 386 g/mol. The molecule has 3 rings (SSSR count). The van der Waals surface area contributed by atoms with Crippen LogP contribution in [-0.2, 0) is 17.8 Å². The predicted molar refractivity (Wildman–Crippen MR) is 108 cm³/mol. The largest absolute Gasteiger partial charge is 0.325 e. The van der Waals surface area contributed by atoms with Gasteiger partial charge in [0.25, 0.3) is 0 Å². The predicted octanol–water partition coefficient (Wildman–Crippen LogP) is 4.30. The molecular formula is C19H22N4OS2. The van der Waals surface area contributed by atoms with Gasteiger partial charge in [-0.25, -0.2) is 0 Å². The smallest absolute Gasteiger partial charge is 0.234 e. The van der Waals surface area contributed by atoms with Gasteiger partial charge in [-0.2, -0.15) is 0 Å². The van der Waals surface area contributed by atoms with E-state index in [-0.39, 0.29) is 5.91 Å². The third kappa shape index (κ3) is 4.53. The summed E-state index contributed by atoms with van der Waals surface area (Å²) in [7, 11) is 0. The van der Waals surface area contributed by atoms with Crippen LogP contribution < -0.4 is 5.32 Å². The maximum atomic E-state index is 12.3. The van der Waals surface area contributed by atoms with Crippen molar-refractivity contribution in [3.8, 4) is 0 Å². The van der Waals surface area contributed by atoms with Gasteiger partial charge in [0.2, 0.25) is 5.91 Å². The lowest BCUT2D eigenvalue weighted by atomic mass is 10.1. The van der Waals surface area contributed by atoms with Gasteiger partial charge in [-0.15, -0.1) is 21.5 Å². The van der Waals surface area contributed by atoms with E-state index >= 15 is 0 Å². The van der Waals surface area contributed by atoms with Gasteiger partial charge in [0.15, 0.2) is 5.16 Å². The topological polar surface area (TPSA) is 59.8 Å². The van der Waals surface area contributed by atoms with Crippen LogP contribution in [0.25, 0.3) is 0 Å². The molecule has 1 N–H and O–H groups in total. The van der Waals surface area contributed by atoms with Gasteiger partial charge in [0.1, 0.15) is 5.82 Å². The molecule has 0 aliphatic rings. The van der Waals surface area contributed by atoms with E-state index in [2.05, 4.69) is 38.5 Å². The zero-order chi connectivity index (χ0) is 18.5. The minimum atomic E-state index is -0.0332. The van der Waals surface area contributed by atoms with Crippen molar-refractivity contribution in [3.05, 3.63) is 57.5 Å². The first-order chi connectivity index (χ1) is 12.6. The molecule has 0 aliphatic heterocycles. The number of benzene rings is 1. The highest BCUT2D eigenvalue weighted by atomic mass is 32.2. The second kappa shape index (κ2) is 8.51. The lowest BCUT2D eigenvalue weighted by Crippen LogP contribution is -2.15. The Bertz CT molecular complexity index is 887. The molecule has 0 radical (unpaired) electrons. The fourth-order valence-corrected chi connectivity index (χ4v) is 4.15. The van der Waals surface area contributed by atoms with Crippen LogP contribution in [0.1, 0.15) is 28.8 Å². The number of aromatic nitrogens is 3. The number of hydrogen-bond donors (Lipinski definition) is 1. The Morgan fingerprint density at radius 1 is 1.27 bits per heavy atom. The molecule has 26 heavy (non-hydrogen) atoms. The third-order valence-corrected chi connectivity index (χ3v) is 5.86. The first-order valence-corrected chi connectivity index (χ1v) is 10.4. The molecule has 0 atom stereocenters. The van der Waals surface area contributed by atoms with Crippen molar-refractivity contribution < 1.29 is 4.79 Å². The lowest BCUT2D eigenvalue weighted by molar-refractivity contribution is -0.113. The molecule has 1 amide bonds. The van der Waals surface area contributed by atoms with Crippen molar-refractivity contribution in [1.29, 1.82) is 0 Å². The first kappa shape index (κ1) is 18.7. The number of carbonyl (C=O) groups is 1. The third-order valence-electron chi connectivity index (χ3n) is 4.02. The van der Waals surface area contributed by atoms with Crippen molar-refractivity contribution in [1.82, 2.24) is 14.8 Å². The molecule has 5 nitrogen and oxygen atoms in total. The molecular weight excluding hydrogens is 364 g/mol. The summed E-state index contributed by atoms with van der Waals surface area (Å²) < 4.78 is 2.08. The standard InChI is InChI=1S/C19H22N4OS2/c1-4-23-17(11-15-6-5-9-25-15)21-22-19(23)26-12-18(24)20-16-10-13(2)7-8-14(16)3/h5-10H,4,11-12H2,1-3H3,(H,20,24). The van der Waals surface area contributed by atoms with Crippen molar-refractivity contribution in [2.45, 2.75) is 38.9 Å². The van der Waals surface area contributed by atoms with E-state index in [9.17, 15) is 4.79 Å². The van der Waals surface area contributed by atoms with Crippen LogP contribution in [0, 0.1) is 13.8 Å². The summed E-state index contributed by atoms with van der Waals surface area (Å²) >= 11 is 3.14. The molecule has 0 aliphatic carbocycles. The number of thiophene rings is 1. The Balaban J connectivity index is 1.63. The molecule has 7 heteroatoms. The normalized spacial score (nSPS) is 10.9. The number of thioether (sulfide) groups is 1. The molecule has 136 valence electrons. The SMILES string of the molecule is CCn1c(Cc2cccs2)nnc1SCC(=O)Nc1cc(C)ccc1C. The van der Waals surface area contributed by atoms with Gasteiger partial charge >= 0.3 is 0 Å². The highest BCUT2D eigenvalue weighted by Gasteiger charge is 2.14. The van der Waals surface area contributed by atoms with Gasteiger partial charge in [-0.1, -0.05) is 30.0 Å². The molecule has 0 spiro atoms. The zero-order valence-corrected chi connectivity index (χ0v) is 16.8. The van der Waals surface area contributed by atoms with Crippen LogP contribution in [0.4, 0.5) is 5.69 Å². The van der Waals surface area contributed by atoms with E-state index in [1.54, 1.807) is 11.3 Å². The number of carbonyl (C=O) groups excluding carboxylic acids is 1. The summed E-state index contributed by atoms with van der Waals surface area (Å²) in [6.45, 7) is 6.87. The minimum absolute atomic E-state index is 0.0332. The van der Waals surface area contributed by atoms with E-state index in [1.165, 1.54) is 16.6 Å². The number of amides is 1. The first-order valence-electron chi connectivity index (χ1n) is 8.51. The molecule has 1 aromatic carbocycles. The molecule has 0 bridgehead atoms. The summed E-state index contributed by atoms with van der Waals surface area (Å²) in [5.74, 6) is 1.21. The minimum Gasteiger partial charge on any atom is -0.325 e. The van der Waals surface area contributed by atoms with Gasteiger partial charge in [-0.05, 0) is 49.4 Å². The molecule has 2 aromatic heterocycles. The van der Waals surface area contributed by atoms with Crippen LogP contribution in [-0.4, -0.2) is 26.4 Å². The second-order valence-electron chi connectivity index (χ2n) is 6.05. The number of nitrogens with one attached hydrogen (secondary N) is 1. The van der Waals surface area contributed by atoms with Crippen LogP contribution >= 0.6 is 23.1 Å². The zero-order valence-electron chi connectivity index (χ0n) is 15.2.